The van der Waals surface area contributed by atoms with Gasteiger partial charge in [-0.15, -0.1) is 0 Å². The molecular weight excluding hydrogens is 346 g/mol. The number of hydrogen-bond donors (Lipinski definition) is 2. The van der Waals surface area contributed by atoms with Crippen LogP contribution >= 0.6 is 11.5 Å². The van der Waals surface area contributed by atoms with E-state index in [1.807, 2.05) is 0 Å². The first kappa shape index (κ1) is 18.4. The molecule has 0 saturated carbocycles. The first-order chi connectivity index (χ1) is 12.0. The second-order valence-electron chi connectivity index (χ2n) is 4.92. The standard InChI is InChI=1S/C16H17N3O5S/c1-9-13(14(17-2)25-19-9)16(22)24-8-12(20)18-11-6-4-5-10(7-11)15(21)23-3/h4-7,17H,8H2,1-3H3,(H,18,20). The summed E-state index contributed by atoms with van der Waals surface area (Å²) in [6.07, 6.45) is 0. The third kappa shape index (κ3) is 4.54. The summed E-state index contributed by atoms with van der Waals surface area (Å²) in [5.41, 5.74) is 1.54. The number of carbonyl (C=O) groups is 3. The molecule has 25 heavy (non-hydrogen) atoms. The minimum atomic E-state index is -0.630. The van der Waals surface area contributed by atoms with E-state index in [9.17, 15) is 14.4 Å². The van der Waals surface area contributed by atoms with Crippen LogP contribution < -0.4 is 10.6 Å². The maximum atomic E-state index is 12.1. The largest absolute Gasteiger partial charge is 0.465 e. The summed E-state index contributed by atoms with van der Waals surface area (Å²) in [6.45, 7) is 1.23. The van der Waals surface area contributed by atoms with Gasteiger partial charge in [0.2, 0.25) is 0 Å². The lowest BCUT2D eigenvalue weighted by atomic mass is 10.2. The van der Waals surface area contributed by atoms with Crippen molar-refractivity contribution in [3.63, 3.8) is 0 Å². The average molecular weight is 363 g/mol. The molecule has 0 spiro atoms. The lowest BCUT2D eigenvalue weighted by molar-refractivity contribution is -0.119. The monoisotopic (exact) mass is 363 g/mol. The number of carbonyl (C=O) groups excluding carboxylic acids is 3. The van der Waals surface area contributed by atoms with E-state index in [1.54, 1.807) is 32.2 Å². The molecule has 0 atom stereocenters. The van der Waals surface area contributed by atoms with Gasteiger partial charge in [-0.3, -0.25) is 4.79 Å². The van der Waals surface area contributed by atoms with Gasteiger partial charge < -0.3 is 20.1 Å². The Bertz CT molecular complexity index is 803. The molecule has 132 valence electrons. The summed E-state index contributed by atoms with van der Waals surface area (Å²) in [4.78, 5) is 35.5. The molecule has 0 radical (unpaired) electrons. The fraction of sp³-hybridized carbons (Fsp3) is 0.250. The Morgan fingerprint density at radius 3 is 2.68 bits per heavy atom. The molecule has 0 aliphatic heterocycles. The number of rotatable bonds is 6. The van der Waals surface area contributed by atoms with Crippen molar-refractivity contribution in [3.05, 3.63) is 41.1 Å². The highest BCUT2D eigenvalue weighted by atomic mass is 32.1. The Morgan fingerprint density at radius 2 is 2.00 bits per heavy atom. The molecule has 1 heterocycles. The highest BCUT2D eigenvalue weighted by Gasteiger charge is 2.20. The molecule has 0 aliphatic rings. The van der Waals surface area contributed by atoms with Crippen molar-refractivity contribution in [3.8, 4) is 0 Å². The van der Waals surface area contributed by atoms with Gasteiger partial charge in [0.05, 0.1) is 18.4 Å². The lowest BCUT2D eigenvalue weighted by Crippen LogP contribution is -2.21. The molecule has 0 fully saturated rings. The van der Waals surface area contributed by atoms with Crippen molar-refractivity contribution >= 4 is 40.1 Å². The van der Waals surface area contributed by atoms with E-state index in [-0.39, 0.29) is 0 Å². The van der Waals surface area contributed by atoms with Gasteiger partial charge >= 0.3 is 11.9 Å². The van der Waals surface area contributed by atoms with Gasteiger partial charge in [0, 0.05) is 12.7 Å². The third-order valence-electron chi connectivity index (χ3n) is 3.20. The zero-order chi connectivity index (χ0) is 18.4. The number of nitrogens with zero attached hydrogens (tertiary/aromatic N) is 1. The van der Waals surface area contributed by atoms with Crippen molar-refractivity contribution < 1.29 is 23.9 Å². The summed E-state index contributed by atoms with van der Waals surface area (Å²) >= 11 is 1.14. The molecule has 1 amide bonds. The third-order valence-corrected chi connectivity index (χ3v) is 4.15. The molecular formula is C16H17N3O5S. The van der Waals surface area contributed by atoms with Crippen LogP contribution in [-0.4, -0.2) is 43.0 Å². The van der Waals surface area contributed by atoms with Crippen molar-refractivity contribution in [1.29, 1.82) is 0 Å². The average Bonchev–Trinajstić information content (AvgIpc) is 3.00. The Morgan fingerprint density at radius 1 is 1.24 bits per heavy atom. The summed E-state index contributed by atoms with van der Waals surface area (Å²) in [5.74, 6) is -1.67. The van der Waals surface area contributed by atoms with Crippen LogP contribution in [-0.2, 0) is 14.3 Å². The van der Waals surface area contributed by atoms with E-state index in [0.717, 1.165) is 11.5 Å². The maximum Gasteiger partial charge on any atom is 0.343 e. The van der Waals surface area contributed by atoms with E-state index in [1.165, 1.54) is 13.2 Å². The predicted octanol–water partition coefficient (Wildman–Crippen LogP) is 2.08. The summed E-state index contributed by atoms with van der Waals surface area (Å²) in [6, 6.07) is 6.25. The van der Waals surface area contributed by atoms with Crippen LogP contribution in [0.25, 0.3) is 0 Å². The van der Waals surface area contributed by atoms with Gasteiger partial charge in [-0.25, -0.2) is 9.59 Å². The molecule has 1 aromatic carbocycles. The van der Waals surface area contributed by atoms with Gasteiger partial charge in [0.15, 0.2) is 6.61 Å². The van der Waals surface area contributed by atoms with E-state index in [0.29, 0.717) is 27.5 Å². The number of esters is 2. The summed E-state index contributed by atoms with van der Waals surface area (Å²) in [5, 5.41) is 5.99. The summed E-state index contributed by atoms with van der Waals surface area (Å²) < 4.78 is 13.7. The number of hydrogen-bond acceptors (Lipinski definition) is 8. The highest BCUT2D eigenvalue weighted by Crippen LogP contribution is 2.24. The van der Waals surface area contributed by atoms with E-state index in [4.69, 9.17) is 4.74 Å². The molecule has 8 nitrogen and oxygen atoms in total. The number of aryl methyl sites for hydroxylation is 1. The Hall–Kier alpha value is -2.94. The Kier molecular flexibility index (Phi) is 6.07. The first-order valence-electron chi connectivity index (χ1n) is 7.25. The number of nitrogens with one attached hydrogen (secondary N) is 2. The smallest absolute Gasteiger partial charge is 0.343 e. The number of amides is 1. The number of ether oxygens (including phenoxy) is 2. The minimum Gasteiger partial charge on any atom is -0.465 e. The lowest BCUT2D eigenvalue weighted by Gasteiger charge is -2.08. The van der Waals surface area contributed by atoms with Gasteiger partial charge in [0.25, 0.3) is 5.91 Å². The zero-order valence-corrected chi connectivity index (χ0v) is 14.7. The fourth-order valence-corrected chi connectivity index (χ4v) is 2.76. The molecule has 0 bridgehead atoms. The summed E-state index contributed by atoms with van der Waals surface area (Å²) in [7, 11) is 2.94. The second kappa shape index (κ2) is 8.25. The van der Waals surface area contributed by atoms with Crippen LogP contribution in [0.1, 0.15) is 26.4 Å². The van der Waals surface area contributed by atoms with Gasteiger partial charge in [-0.2, -0.15) is 4.37 Å². The van der Waals surface area contributed by atoms with Crippen LogP contribution in [0, 0.1) is 6.92 Å². The quantitative estimate of drug-likeness (QED) is 0.757. The van der Waals surface area contributed by atoms with Crippen molar-refractivity contribution in [2.45, 2.75) is 6.92 Å². The van der Waals surface area contributed by atoms with E-state index in [2.05, 4.69) is 19.7 Å². The zero-order valence-electron chi connectivity index (χ0n) is 13.9. The van der Waals surface area contributed by atoms with Gasteiger partial charge in [-0.05, 0) is 36.7 Å². The van der Waals surface area contributed by atoms with E-state index < -0.39 is 24.5 Å². The van der Waals surface area contributed by atoms with Crippen LogP contribution in [0.3, 0.4) is 0 Å². The van der Waals surface area contributed by atoms with Crippen LogP contribution in [0.5, 0.6) is 0 Å². The molecule has 0 unspecified atom stereocenters. The van der Waals surface area contributed by atoms with Crippen molar-refractivity contribution in [1.82, 2.24) is 4.37 Å². The molecule has 0 aliphatic carbocycles. The molecule has 0 saturated heterocycles. The maximum absolute atomic E-state index is 12.1. The second-order valence-corrected chi connectivity index (χ2v) is 5.69. The van der Waals surface area contributed by atoms with Crippen molar-refractivity contribution in [2.75, 3.05) is 31.4 Å². The molecule has 2 rings (SSSR count). The van der Waals surface area contributed by atoms with Gasteiger partial charge in [0.1, 0.15) is 10.6 Å². The number of aromatic nitrogens is 1. The van der Waals surface area contributed by atoms with E-state index >= 15 is 0 Å². The fourth-order valence-electron chi connectivity index (χ4n) is 2.02. The predicted molar refractivity (Wildman–Crippen MR) is 93.1 cm³/mol. The SMILES string of the molecule is CNc1snc(C)c1C(=O)OCC(=O)Nc1cccc(C(=O)OC)c1. The molecule has 2 N–H and O–H groups in total. The topological polar surface area (TPSA) is 107 Å². The minimum absolute atomic E-state index is 0.302. The molecule has 2 aromatic rings. The number of benzene rings is 1. The Labute approximate surface area is 148 Å². The molecule has 1 aromatic heterocycles. The number of methoxy groups -OCH3 is 1. The van der Waals surface area contributed by atoms with Crippen LogP contribution in [0.15, 0.2) is 24.3 Å². The van der Waals surface area contributed by atoms with Crippen molar-refractivity contribution in [2.24, 2.45) is 0 Å². The molecule has 9 heteroatoms. The number of anilines is 2. The van der Waals surface area contributed by atoms with Gasteiger partial charge in [-0.1, -0.05) is 6.07 Å². The van der Waals surface area contributed by atoms with Crippen LogP contribution in [0.4, 0.5) is 10.7 Å². The first-order valence-corrected chi connectivity index (χ1v) is 8.03. The highest BCUT2D eigenvalue weighted by molar-refractivity contribution is 7.10. The normalized spacial score (nSPS) is 10.0. The van der Waals surface area contributed by atoms with Crippen LogP contribution in [0.2, 0.25) is 0 Å². The Balaban J connectivity index is 1.96.